The molecule has 0 aromatic heterocycles. The van der Waals surface area contributed by atoms with Gasteiger partial charge in [-0.3, -0.25) is 0 Å². The van der Waals surface area contributed by atoms with Crippen LogP contribution in [0.25, 0.3) is 0 Å². The fourth-order valence-corrected chi connectivity index (χ4v) is 0.331. The van der Waals surface area contributed by atoms with Crippen LogP contribution in [0.3, 0.4) is 0 Å². The molecule has 0 aliphatic rings. The highest BCUT2D eigenvalue weighted by molar-refractivity contribution is 5.32. The Kier molecular flexibility index (Phi) is 4.19. The van der Waals surface area contributed by atoms with Crippen molar-refractivity contribution in [1.82, 2.24) is 0 Å². The van der Waals surface area contributed by atoms with Crippen LogP contribution in [0.5, 0.6) is 0 Å². The Morgan fingerprint density at radius 3 is 2.88 bits per heavy atom. The molecule has 0 rings (SSSR count). The molecule has 0 heterocycles. The second kappa shape index (κ2) is 4.54. The SMILES string of the molecule is [CH2]C(C)CCN=C=O. The van der Waals surface area contributed by atoms with E-state index in [0.717, 1.165) is 6.42 Å². The summed E-state index contributed by atoms with van der Waals surface area (Å²) < 4.78 is 0. The van der Waals surface area contributed by atoms with Crippen LogP contribution < -0.4 is 0 Å². The predicted molar refractivity (Wildman–Crippen MR) is 32.1 cm³/mol. The van der Waals surface area contributed by atoms with Crippen molar-refractivity contribution in [3.63, 3.8) is 0 Å². The molecule has 0 saturated carbocycles. The largest absolute Gasteiger partial charge is 0.234 e. The lowest BCUT2D eigenvalue weighted by Crippen LogP contribution is -1.89. The second-order valence-corrected chi connectivity index (χ2v) is 1.87. The van der Waals surface area contributed by atoms with Gasteiger partial charge in [0.15, 0.2) is 0 Å². The van der Waals surface area contributed by atoms with Gasteiger partial charge in [-0.1, -0.05) is 13.8 Å². The van der Waals surface area contributed by atoms with E-state index in [1.54, 1.807) is 0 Å². The molecule has 0 aromatic rings. The lowest BCUT2D eigenvalue weighted by Gasteiger charge is -1.95. The number of hydrogen-bond acceptors (Lipinski definition) is 2. The van der Waals surface area contributed by atoms with Crippen molar-refractivity contribution in [1.29, 1.82) is 0 Å². The number of aliphatic imine (C=N–C) groups is 1. The van der Waals surface area contributed by atoms with Gasteiger partial charge >= 0.3 is 0 Å². The minimum Gasteiger partial charge on any atom is -0.211 e. The minimum atomic E-state index is 0.382. The molecule has 1 unspecified atom stereocenters. The highest BCUT2D eigenvalue weighted by Gasteiger charge is 1.89. The zero-order valence-corrected chi connectivity index (χ0v) is 5.05. The van der Waals surface area contributed by atoms with Crippen molar-refractivity contribution < 1.29 is 4.79 Å². The van der Waals surface area contributed by atoms with Gasteiger partial charge in [0.1, 0.15) is 0 Å². The second-order valence-electron chi connectivity index (χ2n) is 1.87. The van der Waals surface area contributed by atoms with E-state index in [0.29, 0.717) is 12.5 Å². The van der Waals surface area contributed by atoms with E-state index in [9.17, 15) is 4.79 Å². The van der Waals surface area contributed by atoms with Crippen LogP contribution in [0.1, 0.15) is 13.3 Å². The Morgan fingerprint density at radius 1 is 1.88 bits per heavy atom. The van der Waals surface area contributed by atoms with E-state index in [1.807, 2.05) is 6.92 Å². The Labute approximate surface area is 49.6 Å². The molecule has 0 fully saturated rings. The van der Waals surface area contributed by atoms with Gasteiger partial charge in [-0.2, -0.15) is 0 Å². The number of rotatable bonds is 3. The number of carbonyl (C=O) groups excluding carboxylic acids is 1. The zero-order chi connectivity index (χ0) is 6.41. The normalized spacial score (nSPS) is 8.88. The molecule has 8 heavy (non-hydrogen) atoms. The van der Waals surface area contributed by atoms with Crippen LogP contribution in [0.15, 0.2) is 4.99 Å². The fourth-order valence-electron chi connectivity index (χ4n) is 0.331. The molecule has 0 aliphatic carbocycles. The molecular formula is C6H10NO. The molecule has 0 bridgehead atoms. The lowest BCUT2D eigenvalue weighted by atomic mass is 10.1. The maximum atomic E-state index is 9.47. The predicted octanol–water partition coefficient (Wildman–Crippen LogP) is 1.18. The van der Waals surface area contributed by atoms with Crippen LogP contribution in [-0.4, -0.2) is 12.6 Å². The number of nitrogens with zero attached hydrogens (tertiary/aromatic N) is 1. The zero-order valence-electron chi connectivity index (χ0n) is 5.05. The summed E-state index contributed by atoms with van der Waals surface area (Å²) in [6.07, 6.45) is 2.34. The first-order valence-electron chi connectivity index (χ1n) is 2.64. The van der Waals surface area contributed by atoms with Gasteiger partial charge in [-0.25, -0.2) is 9.79 Å². The standard InChI is InChI=1S/C6H10NO/c1-6(2)3-4-7-5-8/h6H,1,3-4H2,2H3. The summed E-state index contributed by atoms with van der Waals surface area (Å²) in [5.74, 6) is 0.382. The summed E-state index contributed by atoms with van der Waals surface area (Å²) >= 11 is 0. The molecule has 0 aromatic carbocycles. The van der Waals surface area contributed by atoms with Crippen molar-refractivity contribution in [2.45, 2.75) is 13.3 Å². The monoisotopic (exact) mass is 112 g/mol. The quantitative estimate of drug-likeness (QED) is 0.398. The average molecular weight is 112 g/mol. The third-order valence-corrected chi connectivity index (χ3v) is 0.798. The minimum absolute atomic E-state index is 0.382. The van der Waals surface area contributed by atoms with E-state index >= 15 is 0 Å². The third kappa shape index (κ3) is 5.38. The average Bonchev–Trinajstić information content (AvgIpc) is 1.66. The molecule has 1 atom stereocenters. The molecule has 45 valence electrons. The van der Waals surface area contributed by atoms with Crippen LogP contribution in [0.2, 0.25) is 0 Å². The van der Waals surface area contributed by atoms with Crippen molar-refractivity contribution in [3.8, 4) is 0 Å². The maximum Gasteiger partial charge on any atom is 0.234 e. The highest BCUT2D eigenvalue weighted by atomic mass is 16.1. The Balaban J connectivity index is 3.05. The molecular weight excluding hydrogens is 102 g/mol. The van der Waals surface area contributed by atoms with Gasteiger partial charge in [0.2, 0.25) is 6.08 Å². The van der Waals surface area contributed by atoms with E-state index in [-0.39, 0.29) is 0 Å². The van der Waals surface area contributed by atoms with E-state index in [1.165, 1.54) is 6.08 Å². The first-order chi connectivity index (χ1) is 3.77. The van der Waals surface area contributed by atoms with Gasteiger partial charge in [0.05, 0.1) is 6.54 Å². The fraction of sp³-hybridized carbons (Fsp3) is 0.667. The van der Waals surface area contributed by atoms with Crippen LogP contribution in [0.4, 0.5) is 0 Å². The van der Waals surface area contributed by atoms with Gasteiger partial charge in [-0.15, -0.1) is 0 Å². The summed E-state index contributed by atoms with van der Waals surface area (Å²) in [7, 11) is 0. The van der Waals surface area contributed by atoms with Gasteiger partial charge in [-0.05, 0) is 12.3 Å². The Hall–Kier alpha value is -0.620. The molecule has 0 amide bonds. The summed E-state index contributed by atoms with van der Waals surface area (Å²) in [5.41, 5.74) is 0. The highest BCUT2D eigenvalue weighted by Crippen LogP contribution is 1.96. The molecule has 0 N–H and O–H groups in total. The summed E-state index contributed by atoms with van der Waals surface area (Å²) in [4.78, 5) is 12.8. The molecule has 2 heteroatoms. The first-order valence-corrected chi connectivity index (χ1v) is 2.64. The van der Waals surface area contributed by atoms with Crippen LogP contribution in [0, 0.1) is 12.8 Å². The first kappa shape index (κ1) is 7.38. The smallest absolute Gasteiger partial charge is 0.211 e. The lowest BCUT2D eigenvalue weighted by molar-refractivity contribution is 0.560. The summed E-state index contributed by atoms with van der Waals surface area (Å²) in [5, 5.41) is 0. The Bertz CT molecular complexity index is 92.7. The van der Waals surface area contributed by atoms with E-state index < -0.39 is 0 Å². The van der Waals surface area contributed by atoms with Crippen molar-refractivity contribution >= 4 is 6.08 Å². The number of hydrogen-bond donors (Lipinski definition) is 0. The maximum absolute atomic E-state index is 9.47. The van der Waals surface area contributed by atoms with Gasteiger partial charge in [0, 0.05) is 0 Å². The molecule has 0 saturated heterocycles. The molecule has 0 spiro atoms. The van der Waals surface area contributed by atoms with Crippen molar-refractivity contribution in [2.75, 3.05) is 6.54 Å². The molecule has 0 aliphatic heterocycles. The summed E-state index contributed by atoms with van der Waals surface area (Å²) in [6, 6.07) is 0. The van der Waals surface area contributed by atoms with Gasteiger partial charge < -0.3 is 0 Å². The van der Waals surface area contributed by atoms with E-state index in [4.69, 9.17) is 0 Å². The Morgan fingerprint density at radius 2 is 2.50 bits per heavy atom. The van der Waals surface area contributed by atoms with Crippen LogP contribution >= 0.6 is 0 Å². The van der Waals surface area contributed by atoms with Crippen molar-refractivity contribution in [3.05, 3.63) is 6.92 Å². The summed E-state index contributed by atoms with van der Waals surface area (Å²) in [6.45, 7) is 6.27. The molecule has 2 nitrogen and oxygen atoms in total. The van der Waals surface area contributed by atoms with Crippen LogP contribution in [-0.2, 0) is 4.79 Å². The van der Waals surface area contributed by atoms with E-state index in [2.05, 4.69) is 11.9 Å². The third-order valence-electron chi connectivity index (χ3n) is 0.798. The van der Waals surface area contributed by atoms with Gasteiger partial charge in [0.25, 0.3) is 0 Å². The number of isocyanates is 1. The topological polar surface area (TPSA) is 29.4 Å². The van der Waals surface area contributed by atoms with Crippen molar-refractivity contribution in [2.24, 2.45) is 10.9 Å². The molecule has 1 radical (unpaired) electrons.